The second kappa shape index (κ2) is 5.84. The molecule has 5 nitrogen and oxygen atoms in total. The molecule has 2 N–H and O–H groups in total. The maximum Gasteiger partial charge on any atom is 0.337 e. The summed E-state index contributed by atoms with van der Waals surface area (Å²) >= 11 is 0. The lowest BCUT2D eigenvalue weighted by Crippen LogP contribution is -2.43. The maximum atomic E-state index is 11.9. The predicted octanol–water partition coefficient (Wildman–Crippen LogP) is 1.33. The van der Waals surface area contributed by atoms with Crippen molar-refractivity contribution in [2.45, 2.75) is 13.3 Å². The fourth-order valence-electron chi connectivity index (χ4n) is 1.96. The molecule has 102 valence electrons. The first-order valence-electron chi connectivity index (χ1n) is 6.29. The van der Waals surface area contributed by atoms with Crippen LogP contribution >= 0.6 is 0 Å². The second-order valence-electron chi connectivity index (χ2n) is 4.80. The molecule has 2 rings (SSSR count). The smallest absolute Gasteiger partial charge is 0.337 e. The van der Waals surface area contributed by atoms with Crippen LogP contribution in [0.3, 0.4) is 0 Å². The van der Waals surface area contributed by atoms with E-state index in [9.17, 15) is 9.59 Å². The molecule has 0 radical (unpaired) electrons. The summed E-state index contributed by atoms with van der Waals surface area (Å²) in [6.07, 6.45) is 0.509. The van der Waals surface area contributed by atoms with Crippen molar-refractivity contribution in [2.75, 3.05) is 25.5 Å². The van der Waals surface area contributed by atoms with E-state index in [1.807, 2.05) is 6.92 Å². The quantitative estimate of drug-likeness (QED) is 0.803. The van der Waals surface area contributed by atoms with E-state index < -0.39 is 5.97 Å². The van der Waals surface area contributed by atoms with Gasteiger partial charge in [0.15, 0.2) is 0 Å². The number of hydrogen-bond donors (Lipinski definition) is 2. The molecule has 1 amide bonds. The van der Waals surface area contributed by atoms with E-state index >= 15 is 0 Å². The first-order chi connectivity index (χ1) is 9.10. The summed E-state index contributed by atoms with van der Waals surface area (Å²) in [6, 6.07) is 5.14. The number of benzene rings is 1. The van der Waals surface area contributed by atoms with E-state index in [0.717, 1.165) is 18.7 Å². The standard InChI is InChI=1S/C14H18N2O3/c1-9-3-4-11(14(18)19-2)6-12(9)16-13(17)5-10-7-15-8-10/h3-4,6,10,15H,5,7-8H2,1-2H3,(H,16,17). The fourth-order valence-corrected chi connectivity index (χ4v) is 1.96. The van der Waals surface area contributed by atoms with Gasteiger partial charge in [0.05, 0.1) is 12.7 Å². The van der Waals surface area contributed by atoms with E-state index in [-0.39, 0.29) is 5.91 Å². The zero-order chi connectivity index (χ0) is 13.8. The highest BCUT2D eigenvalue weighted by Gasteiger charge is 2.20. The van der Waals surface area contributed by atoms with Crippen molar-refractivity contribution < 1.29 is 14.3 Å². The molecule has 0 saturated carbocycles. The van der Waals surface area contributed by atoms with Gasteiger partial charge in [-0.2, -0.15) is 0 Å². The van der Waals surface area contributed by atoms with E-state index in [1.54, 1.807) is 18.2 Å². The number of nitrogens with one attached hydrogen (secondary N) is 2. The molecule has 1 fully saturated rings. The van der Waals surface area contributed by atoms with Crippen LogP contribution in [0.25, 0.3) is 0 Å². The molecule has 5 heteroatoms. The maximum absolute atomic E-state index is 11.9. The highest BCUT2D eigenvalue weighted by molar-refractivity contribution is 5.95. The zero-order valence-corrected chi connectivity index (χ0v) is 11.2. The summed E-state index contributed by atoms with van der Waals surface area (Å²) < 4.78 is 4.67. The number of aryl methyl sites for hydroxylation is 1. The molecule has 1 aliphatic rings. The molecular formula is C14H18N2O3. The third-order valence-corrected chi connectivity index (χ3v) is 3.27. The molecule has 0 atom stereocenters. The summed E-state index contributed by atoms with van der Waals surface area (Å²) in [5.74, 6) is -0.000552. The molecule has 19 heavy (non-hydrogen) atoms. The summed E-state index contributed by atoms with van der Waals surface area (Å²) in [7, 11) is 1.34. The number of rotatable bonds is 4. The number of carbonyl (C=O) groups excluding carboxylic acids is 2. The third-order valence-electron chi connectivity index (χ3n) is 3.27. The Morgan fingerprint density at radius 1 is 1.42 bits per heavy atom. The Bertz CT molecular complexity index is 495. The lowest BCUT2D eigenvalue weighted by atomic mass is 9.99. The molecular weight excluding hydrogens is 244 g/mol. The van der Waals surface area contributed by atoms with Gasteiger partial charge in [0.25, 0.3) is 0 Å². The van der Waals surface area contributed by atoms with Gasteiger partial charge in [-0.15, -0.1) is 0 Å². The Balaban J connectivity index is 2.05. The van der Waals surface area contributed by atoms with Crippen LogP contribution in [0.15, 0.2) is 18.2 Å². The lowest BCUT2D eigenvalue weighted by Gasteiger charge is -2.26. The molecule has 0 aliphatic carbocycles. The number of esters is 1. The van der Waals surface area contributed by atoms with Crippen LogP contribution in [0.1, 0.15) is 22.3 Å². The van der Waals surface area contributed by atoms with Crippen LogP contribution in [0.5, 0.6) is 0 Å². The summed E-state index contributed by atoms with van der Waals surface area (Å²) in [4.78, 5) is 23.3. The largest absolute Gasteiger partial charge is 0.465 e. The van der Waals surface area contributed by atoms with Crippen LogP contribution < -0.4 is 10.6 Å². The van der Waals surface area contributed by atoms with Crippen molar-refractivity contribution in [3.05, 3.63) is 29.3 Å². The van der Waals surface area contributed by atoms with Gasteiger partial charge in [0.1, 0.15) is 0 Å². The van der Waals surface area contributed by atoms with Crippen molar-refractivity contribution in [1.82, 2.24) is 5.32 Å². The van der Waals surface area contributed by atoms with Gasteiger partial charge in [-0.3, -0.25) is 4.79 Å². The average Bonchev–Trinajstić information content (AvgIpc) is 2.35. The van der Waals surface area contributed by atoms with Gasteiger partial charge in [-0.1, -0.05) is 6.07 Å². The Hall–Kier alpha value is -1.88. The Kier molecular flexibility index (Phi) is 4.16. The number of amides is 1. The minimum absolute atomic E-state index is 0.0170. The van der Waals surface area contributed by atoms with Crippen molar-refractivity contribution in [3.63, 3.8) is 0 Å². The minimum atomic E-state index is -0.404. The molecule has 0 aromatic heterocycles. The first kappa shape index (κ1) is 13.5. The van der Waals surface area contributed by atoms with Gasteiger partial charge in [0, 0.05) is 12.1 Å². The monoisotopic (exact) mass is 262 g/mol. The third kappa shape index (κ3) is 3.32. The molecule has 1 aromatic carbocycles. The van der Waals surface area contributed by atoms with Crippen LogP contribution in [0.4, 0.5) is 5.69 Å². The highest BCUT2D eigenvalue weighted by Crippen LogP contribution is 2.19. The van der Waals surface area contributed by atoms with Gasteiger partial charge >= 0.3 is 5.97 Å². The Labute approximate surface area is 112 Å². The average molecular weight is 262 g/mol. The Morgan fingerprint density at radius 2 is 2.16 bits per heavy atom. The van der Waals surface area contributed by atoms with Crippen LogP contribution in [0.2, 0.25) is 0 Å². The van der Waals surface area contributed by atoms with E-state index in [2.05, 4.69) is 15.4 Å². The minimum Gasteiger partial charge on any atom is -0.465 e. The molecule has 1 aliphatic heterocycles. The molecule has 1 saturated heterocycles. The summed E-state index contributed by atoms with van der Waals surface area (Å²) in [5, 5.41) is 5.99. The normalized spacial score (nSPS) is 14.6. The van der Waals surface area contributed by atoms with Gasteiger partial charge in [0.2, 0.25) is 5.91 Å². The SMILES string of the molecule is COC(=O)c1ccc(C)c(NC(=O)CC2CNC2)c1. The number of hydrogen-bond acceptors (Lipinski definition) is 4. The fraction of sp³-hybridized carbons (Fsp3) is 0.429. The molecule has 0 bridgehead atoms. The molecule has 0 spiro atoms. The van der Waals surface area contributed by atoms with Crippen LogP contribution in [-0.4, -0.2) is 32.1 Å². The second-order valence-corrected chi connectivity index (χ2v) is 4.80. The number of ether oxygens (including phenoxy) is 1. The van der Waals surface area contributed by atoms with Crippen LogP contribution in [0, 0.1) is 12.8 Å². The lowest BCUT2D eigenvalue weighted by molar-refractivity contribution is -0.117. The number of anilines is 1. The van der Waals surface area contributed by atoms with Crippen molar-refractivity contribution >= 4 is 17.6 Å². The van der Waals surface area contributed by atoms with E-state index in [1.165, 1.54) is 7.11 Å². The van der Waals surface area contributed by atoms with E-state index in [4.69, 9.17) is 0 Å². The Morgan fingerprint density at radius 3 is 2.74 bits per heavy atom. The molecule has 1 heterocycles. The number of methoxy groups -OCH3 is 1. The van der Waals surface area contributed by atoms with Gasteiger partial charge < -0.3 is 15.4 Å². The van der Waals surface area contributed by atoms with Crippen molar-refractivity contribution in [2.24, 2.45) is 5.92 Å². The molecule has 0 unspecified atom stereocenters. The topological polar surface area (TPSA) is 67.4 Å². The van der Waals surface area contributed by atoms with Gasteiger partial charge in [-0.05, 0) is 43.6 Å². The van der Waals surface area contributed by atoms with E-state index in [0.29, 0.717) is 23.6 Å². The predicted molar refractivity (Wildman–Crippen MR) is 72.1 cm³/mol. The summed E-state index contributed by atoms with van der Waals surface area (Å²) in [6.45, 7) is 3.69. The summed E-state index contributed by atoms with van der Waals surface area (Å²) in [5.41, 5.74) is 2.03. The van der Waals surface area contributed by atoms with Crippen molar-refractivity contribution in [3.8, 4) is 0 Å². The van der Waals surface area contributed by atoms with Gasteiger partial charge in [-0.25, -0.2) is 4.79 Å². The first-order valence-corrected chi connectivity index (χ1v) is 6.29. The van der Waals surface area contributed by atoms with Crippen LogP contribution in [-0.2, 0) is 9.53 Å². The number of carbonyl (C=O) groups is 2. The highest BCUT2D eigenvalue weighted by atomic mass is 16.5. The van der Waals surface area contributed by atoms with Crippen molar-refractivity contribution in [1.29, 1.82) is 0 Å². The zero-order valence-electron chi connectivity index (χ0n) is 11.2. The molecule has 1 aromatic rings.